The molecule has 1 aliphatic heterocycles. The standard InChI is InChI=1S/C19H21NO4/c1-19(2,3)12-7-8-15(21)14(11-12)20-18(22)13-5-4-6-16-17(13)24-10-9-23-16/h4-8,11,21H,9-10H2,1-3H3,(H,20,22). The summed E-state index contributed by atoms with van der Waals surface area (Å²) >= 11 is 0. The molecule has 0 bridgehead atoms. The van der Waals surface area contributed by atoms with E-state index in [0.717, 1.165) is 5.56 Å². The number of rotatable bonds is 2. The molecule has 1 aliphatic rings. The monoisotopic (exact) mass is 327 g/mol. The molecule has 2 aromatic rings. The SMILES string of the molecule is CC(C)(C)c1ccc(O)c(NC(=O)c2cccc3c2OCCO3)c1. The van der Waals surface area contributed by atoms with Crippen molar-refractivity contribution in [3.05, 3.63) is 47.5 Å². The van der Waals surface area contributed by atoms with Gasteiger partial charge < -0.3 is 19.9 Å². The number of phenols is 1. The number of para-hydroxylation sites is 1. The van der Waals surface area contributed by atoms with Crippen molar-refractivity contribution in [2.24, 2.45) is 0 Å². The zero-order valence-electron chi connectivity index (χ0n) is 14.1. The van der Waals surface area contributed by atoms with Crippen LogP contribution in [-0.4, -0.2) is 24.2 Å². The first-order chi connectivity index (χ1) is 11.4. The Balaban J connectivity index is 1.91. The van der Waals surface area contributed by atoms with Gasteiger partial charge in [0.15, 0.2) is 11.5 Å². The first-order valence-corrected chi connectivity index (χ1v) is 7.90. The summed E-state index contributed by atoms with van der Waals surface area (Å²) in [7, 11) is 0. The van der Waals surface area contributed by atoms with Crippen molar-refractivity contribution < 1.29 is 19.4 Å². The van der Waals surface area contributed by atoms with E-state index in [1.165, 1.54) is 0 Å². The molecular formula is C19H21NO4. The lowest BCUT2D eigenvalue weighted by Crippen LogP contribution is -2.20. The fourth-order valence-electron chi connectivity index (χ4n) is 2.54. The Bertz CT molecular complexity index is 777. The summed E-state index contributed by atoms with van der Waals surface area (Å²) in [5.74, 6) is 0.673. The second kappa shape index (κ2) is 6.07. The number of carbonyl (C=O) groups excluding carboxylic acids is 1. The number of hydrogen-bond acceptors (Lipinski definition) is 4. The minimum Gasteiger partial charge on any atom is -0.506 e. The van der Waals surface area contributed by atoms with Crippen molar-refractivity contribution in [3.63, 3.8) is 0 Å². The summed E-state index contributed by atoms with van der Waals surface area (Å²) < 4.78 is 11.1. The molecule has 24 heavy (non-hydrogen) atoms. The van der Waals surface area contributed by atoms with Crippen molar-refractivity contribution in [2.75, 3.05) is 18.5 Å². The van der Waals surface area contributed by atoms with Crippen LogP contribution in [-0.2, 0) is 5.41 Å². The Morgan fingerprint density at radius 3 is 2.62 bits per heavy atom. The molecule has 0 unspecified atom stereocenters. The summed E-state index contributed by atoms with van der Waals surface area (Å²) in [6.45, 7) is 7.09. The van der Waals surface area contributed by atoms with Crippen molar-refractivity contribution in [3.8, 4) is 17.2 Å². The highest BCUT2D eigenvalue weighted by molar-refractivity contribution is 6.07. The Kier molecular flexibility index (Phi) is 4.09. The highest BCUT2D eigenvalue weighted by Crippen LogP contribution is 2.35. The van der Waals surface area contributed by atoms with E-state index in [4.69, 9.17) is 9.47 Å². The Labute approximate surface area is 141 Å². The van der Waals surface area contributed by atoms with Crippen LogP contribution in [0.2, 0.25) is 0 Å². The molecule has 2 aromatic carbocycles. The van der Waals surface area contributed by atoms with E-state index in [9.17, 15) is 9.90 Å². The predicted octanol–water partition coefficient (Wildman–Crippen LogP) is 3.71. The molecule has 0 spiro atoms. The molecular weight excluding hydrogens is 306 g/mol. The number of ether oxygens (including phenoxy) is 2. The lowest BCUT2D eigenvalue weighted by molar-refractivity contribution is 0.101. The number of benzene rings is 2. The normalized spacial score (nSPS) is 13.5. The lowest BCUT2D eigenvalue weighted by Gasteiger charge is -2.22. The van der Waals surface area contributed by atoms with Crippen LogP contribution in [0.3, 0.4) is 0 Å². The van der Waals surface area contributed by atoms with Crippen LogP contribution in [0.4, 0.5) is 5.69 Å². The van der Waals surface area contributed by atoms with Crippen molar-refractivity contribution in [1.82, 2.24) is 0 Å². The Morgan fingerprint density at radius 1 is 1.12 bits per heavy atom. The van der Waals surface area contributed by atoms with Gasteiger partial charge in [0.2, 0.25) is 0 Å². The molecule has 0 aromatic heterocycles. The topological polar surface area (TPSA) is 67.8 Å². The quantitative estimate of drug-likeness (QED) is 0.825. The second-order valence-corrected chi connectivity index (χ2v) is 6.77. The number of hydrogen-bond donors (Lipinski definition) is 2. The fraction of sp³-hybridized carbons (Fsp3) is 0.316. The summed E-state index contributed by atoms with van der Waals surface area (Å²) in [6, 6.07) is 10.4. The van der Waals surface area contributed by atoms with E-state index < -0.39 is 0 Å². The van der Waals surface area contributed by atoms with E-state index in [-0.39, 0.29) is 17.1 Å². The number of amides is 1. The molecule has 0 fully saturated rings. The molecule has 0 atom stereocenters. The Morgan fingerprint density at radius 2 is 1.88 bits per heavy atom. The van der Waals surface area contributed by atoms with Crippen LogP contribution in [0.1, 0.15) is 36.7 Å². The van der Waals surface area contributed by atoms with E-state index in [0.29, 0.717) is 36.0 Å². The lowest BCUT2D eigenvalue weighted by atomic mass is 9.87. The zero-order chi connectivity index (χ0) is 17.3. The predicted molar refractivity (Wildman–Crippen MR) is 92.2 cm³/mol. The largest absolute Gasteiger partial charge is 0.506 e. The van der Waals surface area contributed by atoms with Crippen LogP contribution in [0.15, 0.2) is 36.4 Å². The first-order valence-electron chi connectivity index (χ1n) is 7.90. The van der Waals surface area contributed by atoms with Crippen molar-refractivity contribution in [1.29, 1.82) is 0 Å². The molecule has 5 heteroatoms. The molecule has 3 rings (SSSR count). The molecule has 126 valence electrons. The summed E-state index contributed by atoms with van der Waals surface area (Å²) in [5.41, 5.74) is 1.69. The van der Waals surface area contributed by atoms with E-state index in [1.807, 2.05) is 6.07 Å². The van der Waals surface area contributed by atoms with Gasteiger partial charge in [0.05, 0.1) is 11.3 Å². The van der Waals surface area contributed by atoms with Crippen LogP contribution in [0, 0.1) is 0 Å². The van der Waals surface area contributed by atoms with E-state index in [2.05, 4.69) is 26.1 Å². The molecule has 0 saturated heterocycles. The second-order valence-electron chi connectivity index (χ2n) is 6.77. The first kappa shape index (κ1) is 16.2. The summed E-state index contributed by atoms with van der Waals surface area (Å²) in [4.78, 5) is 12.6. The van der Waals surface area contributed by atoms with Gasteiger partial charge in [-0.2, -0.15) is 0 Å². The molecule has 1 heterocycles. The van der Waals surface area contributed by atoms with E-state index in [1.54, 1.807) is 30.3 Å². The molecule has 0 radical (unpaired) electrons. The average molecular weight is 327 g/mol. The number of nitrogens with one attached hydrogen (secondary N) is 1. The number of carbonyl (C=O) groups is 1. The van der Waals surface area contributed by atoms with Gasteiger partial charge in [-0.25, -0.2) is 0 Å². The van der Waals surface area contributed by atoms with Crippen LogP contribution < -0.4 is 14.8 Å². The van der Waals surface area contributed by atoms with Gasteiger partial charge in [-0.1, -0.05) is 32.9 Å². The number of phenolic OH excluding ortho intramolecular Hbond substituents is 1. The maximum absolute atomic E-state index is 12.6. The number of fused-ring (bicyclic) bond motifs is 1. The van der Waals surface area contributed by atoms with E-state index >= 15 is 0 Å². The molecule has 5 nitrogen and oxygen atoms in total. The minimum absolute atomic E-state index is 0.0262. The minimum atomic E-state index is -0.348. The molecule has 2 N–H and O–H groups in total. The molecule has 0 aliphatic carbocycles. The maximum atomic E-state index is 12.6. The van der Waals surface area contributed by atoms with Crippen LogP contribution >= 0.6 is 0 Å². The highest BCUT2D eigenvalue weighted by Gasteiger charge is 2.22. The summed E-state index contributed by atoms with van der Waals surface area (Å²) in [5, 5.41) is 12.8. The van der Waals surface area contributed by atoms with Crippen LogP contribution in [0.5, 0.6) is 17.2 Å². The molecule has 1 amide bonds. The van der Waals surface area contributed by atoms with Gasteiger partial charge in [0.1, 0.15) is 19.0 Å². The number of anilines is 1. The smallest absolute Gasteiger partial charge is 0.259 e. The Hall–Kier alpha value is -2.69. The van der Waals surface area contributed by atoms with Gasteiger partial charge in [0, 0.05) is 0 Å². The third-order valence-corrected chi connectivity index (χ3v) is 3.92. The zero-order valence-corrected chi connectivity index (χ0v) is 14.1. The molecule has 0 saturated carbocycles. The van der Waals surface area contributed by atoms with Crippen molar-refractivity contribution in [2.45, 2.75) is 26.2 Å². The van der Waals surface area contributed by atoms with Gasteiger partial charge >= 0.3 is 0 Å². The third-order valence-electron chi connectivity index (χ3n) is 3.92. The maximum Gasteiger partial charge on any atom is 0.259 e. The fourth-order valence-corrected chi connectivity index (χ4v) is 2.54. The van der Waals surface area contributed by atoms with Gasteiger partial charge in [0.25, 0.3) is 5.91 Å². The van der Waals surface area contributed by atoms with Gasteiger partial charge in [-0.3, -0.25) is 4.79 Å². The highest BCUT2D eigenvalue weighted by atomic mass is 16.6. The third kappa shape index (κ3) is 3.15. The average Bonchev–Trinajstić information content (AvgIpc) is 2.55. The number of aromatic hydroxyl groups is 1. The summed E-state index contributed by atoms with van der Waals surface area (Å²) in [6.07, 6.45) is 0. The van der Waals surface area contributed by atoms with Gasteiger partial charge in [-0.15, -0.1) is 0 Å². The van der Waals surface area contributed by atoms with Crippen molar-refractivity contribution >= 4 is 11.6 Å². The van der Waals surface area contributed by atoms with Crippen LogP contribution in [0.25, 0.3) is 0 Å². The van der Waals surface area contributed by atoms with Gasteiger partial charge in [-0.05, 0) is 35.2 Å².